The summed E-state index contributed by atoms with van der Waals surface area (Å²) in [6, 6.07) is 5.76. The van der Waals surface area contributed by atoms with Crippen LogP contribution in [-0.4, -0.2) is 48.0 Å². The van der Waals surface area contributed by atoms with Crippen LogP contribution in [0.4, 0.5) is 4.79 Å². The number of nitrogens with zero attached hydrogens (tertiary/aromatic N) is 1. The van der Waals surface area contributed by atoms with E-state index in [4.69, 9.17) is 4.74 Å². The quantitative estimate of drug-likeness (QED) is 0.613. The summed E-state index contributed by atoms with van der Waals surface area (Å²) >= 11 is 0. The number of hydrogen-bond donors (Lipinski definition) is 1. The molecule has 1 aliphatic heterocycles. The van der Waals surface area contributed by atoms with Gasteiger partial charge in [0.2, 0.25) is 0 Å². The van der Waals surface area contributed by atoms with Gasteiger partial charge in [-0.1, -0.05) is 19.1 Å². The standard InChI is InChI=1S/C17H20N2O6/c1-4-17(2)15(22)19(16(23)18-17)9-13(20)25-10-11-5-7-12(8-6-11)14(21)24-3/h5-8H,4,9-10H2,1-3H3,(H,18,23)/t17-/m0/s1. The third kappa shape index (κ3) is 3.96. The summed E-state index contributed by atoms with van der Waals surface area (Å²) in [7, 11) is 1.29. The molecule has 0 saturated carbocycles. The van der Waals surface area contributed by atoms with E-state index in [1.165, 1.54) is 7.11 Å². The van der Waals surface area contributed by atoms with Gasteiger partial charge in [0.1, 0.15) is 18.7 Å². The van der Waals surface area contributed by atoms with Crippen LogP contribution < -0.4 is 5.32 Å². The molecule has 0 radical (unpaired) electrons. The first-order valence-electron chi connectivity index (χ1n) is 7.77. The fraction of sp³-hybridized carbons (Fsp3) is 0.412. The van der Waals surface area contributed by atoms with Gasteiger partial charge in [0.05, 0.1) is 12.7 Å². The Hall–Kier alpha value is -2.90. The number of rotatable bonds is 6. The molecule has 1 aromatic rings. The number of benzene rings is 1. The van der Waals surface area contributed by atoms with Crippen molar-refractivity contribution >= 4 is 23.9 Å². The van der Waals surface area contributed by atoms with Gasteiger partial charge in [0, 0.05) is 0 Å². The van der Waals surface area contributed by atoms with Crippen LogP contribution in [0, 0.1) is 0 Å². The second-order valence-corrected chi connectivity index (χ2v) is 5.86. The van der Waals surface area contributed by atoms with Crippen molar-refractivity contribution in [2.24, 2.45) is 0 Å². The Morgan fingerprint density at radius 2 is 1.84 bits per heavy atom. The Morgan fingerprint density at radius 1 is 1.20 bits per heavy atom. The highest BCUT2D eigenvalue weighted by atomic mass is 16.5. The summed E-state index contributed by atoms with van der Waals surface area (Å²) in [5, 5.41) is 2.57. The Kier molecular flexibility index (Phi) is 5.41. The highest BCUT2D eigenvalue weighted by molar-refractivity contribution is 6.08. The highest BCUT2D eigenvalue weighted by Gasteiger charge is 2.47. The van der Waals surface area contributed by atoms with Crippen LogP contribution in [0.1, 0.15) is 36.2 Å². The molecule has 8 heteroatoms. The van der Waals surface area contributed by atoms with Crippen LogP contribution in [0.5, 0.6) is 0 Å². The van der Waals surface area contributed by atoms with Crippen molar-refractivity contribution in [3.8, 4) is 0 Å². The molecule has 1 aliphatic rings. The zero-order valence-electron chi connectivity index (χ0n) is 14.3. The van der Waals surface area contributed by atoms with Gasteiger partial charge in [0.15, 0.2) is 0 Å². The van der Waals surface area contributed by atoms with Crippen molar-refractivity contribution in [3.63, 3.8) is 0 Å². The van der Waals surface area contributed by atoms with Crippen LogP contribution in [0.25, 0.3) is 0 Å². The third-order valence-electron chi connectivity index (χ3n) is 4.11. The monoisotopic (exact) mass is 348 g/mol. The van der Waals surface area contributed by atoms with Crippen molar-refractivity contribution in [2.45, 2.75) is 32.4 Å². The van der Waals surface area contributed by atoms with E-state index < -0.39 is 36.0 Å². The van der Waals surface area contributed by atoms with Crippen molar-refractivity contribution in [1.82, 2.24) is 10.2 Å². The molecule has 134 valence electrons. The first-order chi connectivity index (χ1) is 11.8. The van der Waals surface area contributed by atoms with Gasteiger partial charge >= 0.3 is 18.0 Å². The average Bonchev–Trinajstić information content (AvgIpc) is 2.83. The molecule has 8 nitrogen and oxygen atoms in total. The van der Waals surface area contributed by atoms with E-state index >= 15 is 0 Å². The number of carbonyl (C=O) groups is 4. The first kappa shape index (κ1) is 18.4. The third-order valence-corrected chi connectivity index (χ3v) is 4.11. The van der Waals surface area contributed by atoms with E-state index in [0.29, 0.717) is 17.5 Å². The molecule has 1 fully saturated rings. The van der Waals surface area contributed by atoms with E-state index in [9.17, 15) is 19.2 Å². The molecule has 2 rings (SSSR count). The average molecular weight is 348 g/mol. The van der Waals surface area contributed by atoms with Gasteiger partial charge in [-0.15, -0.1) is 0 Å². The lowest BCUT2D eigenvalue weighted by atomic mass is 9.99. The van der Waals surface area contributed by atoms with Crippen LogP contribution in [0.3, 0.4) is 0 Å². The lowest BCUT2D eigenvalue weighted by Crippen LogP contribution is -2.43. The number of amides is 3. The number of esters is 2. The normalized spacial score (nSPS) is 19.6. The van der Waals surface area contributed by atoms with Crippen LogP contribution in [-0.2, 0) is 25.7 Å². The summed E-state index contributed by atoms with van der Waals surface area (Å²) in [6.45, 7) is 2.91. The molecule has 1 atom stereocenters. The number of ether oxygens (including phenoxy) is 2. The zero-order valence-corrected chi connectivity index (χ0v) is 14.3. The van der Waals surface area contributed by atoms with Gasteiger partial charge < -0.3 is 14.8 Å². The Bertz CT molecular complexity index is 700. The smallest absolute Gasteiger partial charge is 0.337 e. The topological polar surface area (TPSA) is 102 Å². The number of methoxy groups -OCH3 is 1. The lowest BCUT2D eigenvalue weighted by Gasteiger charge is -2.18. The van der Waals surface area contributed by atoms with Crippen LogP contribution >= 0.6 is 0 Å². The fourth-order valence-corrected chi connectivity index (χ4v) is 2.32. The molecular weight excluding hydrogens is 328 g/mol. The molecule has 1 N–H and O–H groups in total. The van der Waals surface area contributed by atoms with Gasteiger partial charge in [-0.25, -0.2) is 9.59 Å². The van der Waals surface area contributed by atoms with Crippen LogP contribution in [0.15, 0.2) is 24.3 Å². The number of imide groups is 1. The molecular formula is C17H20N2O6. The minimum atomic E-state index is -0.985. The van der Waals surface area contributed by atoms with Gasteiger partial charge in [-0.05, 0) is 31.0 Å². The largest absolute Gasteiger partial charge is 0.465 e. The van der Waals surface area contributed by atoms with Gasteiger partial charge in [-0.2, -0.15) is 0 Å². The summed E-state index contributed by atoms with van der Waals surface area (Å²) in [5.74, 6) is -1.60. The molecule has 0 unspecified atom stereocenters. The maximum Gasteiger partial charge on any atom is 0.337 e. The molecule has 1 saturated heterocycles. The van der Waals surface area contributed by atoms with Gasteiger partial charge in [-0.3, -0.25) is 14.5 Å². The molecule has 0 aliphatic carbocycles. The van der Waals surface area contributed by atoms with E-state index in [2.05, 4.69) is 10.1 Å². The second-order valence-electron chi connectivity index (χ2n) is 5.86. The first-order valence-corrected chi connectivity index (χ1v) is 7.77. The predicted octanol–water partition coefficient (Wildman–Crippen LogP) is 1.24. The summed E-state index contributed by atoms with van der Waals surface area (Å²) in [6.07, 6.45) is 0.426. The maximum absolute atomic E-state index is 12.2. The molecule has 0 bridgehead atoms. The van der Waals surface area contributed by atoms with Crippen molar-refractivity contribution in [2.75, 3.05) is 13.7 Å². The molecule has 0 aromatic heterocycles. The summed E-state index contributed by atoms with van der Waals surface area (Å²) < 4.78 is 9.68. The van der Waals surface area contributed by atoms with E-state index in [1.807, 2.05) is 0 Å². The number of hydrogen-bond acceptors (Lipinski definition) is 6. The maximum atomic E-state index is 12.2. The molecule has 1 aromatic carbocycles. The predicted molar refractivity (Wildman–Crippen MR) is 86.5 cm³/mol. The summed E-state index contributed by atoms with van der Waals surface area (Å²) in [5.41, 5.74) is 0.0634. The summed E-state index contributed by atoms with van der Waals surface area (Å²) in [4.78, 5) is 48.1. The van der Waals surface area contributed by atoms with E-state index in [-0.39, 0.29) is 6.61 Å². The zero-order chi connectivity index (χ0) is 18.6. The molecule has 3 amide bonds. The van der Waals surface area contributed by atoms with Gasteiger partial charge in [0.25, 0.3) is 5.91 Å². The van der Waals surface area contributed by atoms with Crippen LogP contribution in [0.2, 0.25) is 0 Å². The van der Waals surface area contributed by atoms with Crippen molar-refractivity contribution < 1.29 is 28.7 Å². The molecule has 25 heavy (non-hydrogen) atoms. The Labute approximate surface area is 145 Å². The van der Waals surface area contributed by atoms with Crippen molar-refractivity contribution in [3.05, 3.63) is 35.4 Å². The Balaban J connectivity index is 1.90. The molecule has 0 spiro atoms. The number of nitrogens with one attached hydrogen (secondary N) is 1. The van der Waals surface area contributed by atoms with E-state index in [0.717, 1.165) is 4.90 Å². The minimum Gasteiger partial charge on any atom is -0.465 e. The lowest BCUT2D eigenvalue weighted by molar-refractivity contribution is -0.148. The SMILES string of the molecule is CC[C@]1(C)NC(=O)N(CC(=O)OCc2ccc(C(=O)OC)cc2)C1=O. The molecule has 1 heterocycles. The minimum absolute atomic E-state index is 0.0328. The number of carbonyl (C=O) groups excluding carboxylic acids is 4. The highest BCUT2D eigenvalue weighted by Crippen LogP contribution is 2.20. The fourth-order valence-electron chi connectivity index (χ4n) is 2.32. The van der Waals surface area contributed by atoms with E-state index in [1.54, 1.807) is 38.1 Å². The second kappa shape index (κ2) is 7.33. The Morgan fingerprint density at radius 3 is 2.36 bits per heavy atom. The van der Waals surface area contributed by atoms with Crippen molar-refractivity contribution in [1.29, 1.82) is 0 Å². The number of urea groups is 1.